The first-order chi connectivity index (χ1) is 10.2. The summed E-state index contributed by atoms with van der Waals surface area (Å²) in [7, 11) is -9.64. The van der Waals surface area contributed by atoms with Crippen LogP contribution >= 0.6 is 0 Å². The Labute approximate surface area is 158 Å². The molecule has 118 valence electrons. The predicted octanol–water partition coefficient (Wildman–Crippen LogP) is -0.533. The summed E-state index contributed by atoms with van der Waals surface area (Å²) in [5, 5.41) is 0. The van der Waals surface area contributed by atoms with Gasteiger partial charge in [-0.15, -0.1) is 0 Å². The van der Waals surface area contributed by atoms with Crippen LogP contribution in [0.25, 0.3) is 12.2 Å². The fraction of sp³-hybridized carbons (Fsp3) is 0. The van der Waals surface area contributed by atoms with Gasteiger partial charge in [-0.2, -0.15) is 16.8 Å². The molecule has 0 aliphatic heterocycles. The molecule has 0 fully saturated rings. The number of rotatable bonds is 4. The summed E-state index contributed by atoms with van der Waals surface area (Å²) in [6.07, 6.45) is 2.89. The summed E-state index contributed by atoms with van der Waals surface area (Å²) >= 11 is 0. The quantitative estimate of drug-likeness (QED) is 0.429. The minimum absolute atomic E-state index is 0. The molecule has 0 aliphatic carbocycles. The third kappa shape index (κ3) is 5.25. The summed E-state index contributed by atoms with van der Waals surface area (Å²) in [5.74, 6) is 0. The summed E-state index contributed by atoms with van der Waals surface area (Å²) in [4.78, 5) is -1.73. The van der Waals surface area contributed by atoms with Gasteiger partial charge in [0.25, 0.3) is 20.2 Å². The van der Waals surface area contributed by atoms with Crippen molar-refractivity contribution in [3.05, 3.63) is 59.7 Å². The second-order valence-corrected chi connectivity index (χ2v) is 7.12. The maximum atomic E-state index is 11.5. The van der Waals surface area contributed by atoms with Gasteiger partial charge in [0.15, 0.2) is 0 Å². The van der Waals surface area contributed by atoms with Gasteiger partial charge in [-0.25, -0.2) is 0 Å². The van der Waals surface area contributed by atoms with Crippen LogP contribution in [0.4, 0.5) is 0 Å². The van der Waals surface area contributed by atoms with Crippen LogP contribution in [-0.2, 0) is 20.2 Å². The molecule has 0 heterocycles. The molecule has 2 N–H and O–H groups in total. The van der Waals surface area contributed by atoms with E-state index in [9.17, 15) is 21.4 Å². The Kier molecular flexibility index (Phi) is 6.72. The van der Waals surface area contributed by atoms with Crippen LogP contribution in [0.5, 0.6) is 0 Å². The van der Waals surface area contributed by atoms with Crippen molar-refractivity contribution in [2.75, 3.05) is 0 Å². The summed E-state index contributed by atoms with van der Waals surface area (Å²) in [6, 6.07) is 12.4. The molecule has 23 heavy (non-hydrogen) atoms. The van der Waals surface area contributed by atoms with E-state index in [2.05, 4.69) is 0 Å². The van der Waals surface area contributed by atoms with Gasteiger partial charge in [0.1, 0.15) is 9.79 Å². The molecule has 0 amide bonds. The molecule has 6 nitrogen and oxygen atoms in total. The van der Waals surface area contributed by atoms with Crippen LogP contribution in [0, 0.1) is 0 Å². The molecule has 2 rings (SSSR count). The standard InChI is InChI=1S/C14H12O6S2.Na.H/c15-21(16,17)13-8-4-7-12(14(13)22(18,19)20)10-9-11-5-2-1-3-6-11;;/h1-10H,(H,15,16,17)(H,18,19,20);;/q;+1;-1. The number of benzene rings is 2. The Bertz CT molecular complexity index is 925. The van der Waals surface area contributed by atoms with Crippen molar-refractivity contribution < 1.29 is 56.9 Å². The Hall–Kier alpha value is -1.000. The molecule has 2 aromatic rings. The van der Waals surface area contributed by atoms with E-state index in [1.54, 1.807) is 36.4 Å². The van der Waals surface area contributed by atoms with Crippen molar-refractivity contribution in [3.63, 3.8) is 0 Å². The number of hydrogen-bond donors (Lipinski definition) is 2. The maximum Gasteiger partial charge on any atom is 1.00 e. The zero-order chi connectivity index (χ0) is 16.4. The number of hydrogen-bond acceptors (Lipinski definition) is 4. The Morgan fingerprint density at radius 3 is 1.91 bits per heavy atom. The third-order valence-electron chi connectivity index (χ3n) is 2.80. The molecule has 0 radical (unpaired) electrons. The molecule has 0 aliphatic rings. The van der Waals surface area contributed by atoms with Gasteiger partial charge < -0.3 is 1.43 Å². The van der Waals surface area contributed by atoms with Crippen LogP contribution in [0.2, 0.25) is 0 Å². The van der Waals surface area contributed by atoms with Gasteiger partial charge in [-0.3, -0.25) is 9.11 Å². The first-order valence-corrected chi connectivity index (χ1v) is 8.89. The van der Waals surface area contributed by atoms with Gasteiger partial charge in [0.2, 0.25) is 0 Å². The van der Waals surface area contributed by atoms with E-state index >= 15 is 0 Å². The molecular formula is C14H13NaO6S2. The van der Waals surface area contributed by atoms with Crippen LogP contribution < -0.4 is 29.6 Å². The molecule has 0 unspecified atom stereocenters. The Morgan fingerprint density at radius 1 is 0.783 bits per heavy atom. The topological polar surface area (TPSA) is 109 Å². The molecule has 0 atom stereocenters. The van der Waals surface area contributed by atoms with Gasteiger partial charge in [-0.1, -0.05) is 54.6 Å². The fourth-order valence-electron chi connectivity index (χ4n) is 1.89. The monoisotopic (exact) mass is 364 g/mol. The van der Waals surface area contributed by atoms with Crippen molar-refractivity contribution >= 4 is 32.4 Å². The van der Waals surface area contributed by atoms with Crippen LogP contribution in [0.3, 0.4) is 0 Å². The zero-order valence-electron chi connectivity index (χ0n) is 13.1. The van der Waals surface area contributed by atoms with E-state index in [-0.39, 0.29) is 36.5 Å². The second kappa shape index (κ2) is 7.71. The van der Waals surface area contributed by atoms with E-state index in [1.807, 2.05) is 0 Å². The van der Waals surface area contributed by atoms with Crippen LogP contribution in [0.15, 0.2) is 58.3 Å². The molecule has 9 heteroatoms. The average molecular weight is 364 g/mol. The Balaban J connectivity index is 0.00000264. The van der Waals surface area contributed by atoms with Gasteiger partial charge in [0, 0.05) is 0 Å². The van der Waals surface area contributed by atoms with Gasteiger partial charge >= 0.3 is 29.6 Å². The third-order valence-corrected chi connectivity index (χ3v) is 4.80. The SMILES string of the molecule is O=S(=O)(O)c1cccc(C=Cc2ccccc2)c1S(=O)(=O)O.[H-].[Na+]. The van der Waals surface area contributed by atoms with Crippen molar-refractivity contribution in [1.82, 2.24) is 0 Å². The van der Waals surface area contributed by atoms with Crippen molar-refractivity contribution in [1.29, 1.82) is 0 Å². The first-order valence-electron chi connectivity index (χ1n) is 6.01. The molecule has 0 saturated heterocycles. The summed E-state index contributed by atoms with van der Waals surface area (Å²) in [6.45, 7) is 0. The van der Waals surface area contributed by atoms with Crippen molar-refractivity contribution in [3.8, 4) is 0 Å². The second-order valence-electron chi connectivity index (χ2n) is 4.37. The normalized spacial score (nSPS) is 12.1. The average Bonchev–Trinajstić information content (AvgIpc) is 2.44. The minimum Gasteiger partial charge on any atom is -1.00 e. The zero-order valence-corrected chi connectivity index (χ0v) is 15.8. The molecule has 0 aromatic heterocycles. The van der Waals surface area contributed by atoms with E-state index < -0.39 is 30.0 Å². The van der Waals surface area contributed by atoms with E-state index in [1.165, 1.54) is 18.2 Å². The summed E-state index contributed by atoms with van der Waals surface area (Å²) < 4.78 is 63.9. The molecule has 0 spiro atoms. The first kappa shape index (κ1) is 20.0. The molecule has 0 bridgehead atoms. The van der Waals surface area contributed by atoms with Crippen molar-refractivity contribution in [2.24, 2.45) is 0 Å². The van der Waals surface area contributed by atoms with Gasteiger partial charge in [0.05, 0.1) is 0 Å². The molecular weight excluding hydrogens is 351 g/mol. The molecule has 0 saturated carbocycles. The van der Waals surface area contributed by atoms with Crippen LogP contribution in [0.1, 0.15) is 12.6 Å². The van der Waals surface area contributed by atoms with Crippen molar-refractivity contribution in [2.45, 2.75) is 9.79 Å². The smallest absolute Gasteiger partial charge is 1.00 e. The van der Waals surface area contributed by atoms with Gasteiger partial charge in [-0.05, 0) is 17.2 Å². The van der Waals surface area contributed by atoms with E-state index in [0.29, 0.717) is 0 Å². The summed E-state index contributed by atoms with van der Waals surface area (Å²) in [5.41, 5.74) is 0.697. The largest absolute Gasteiger partial charge is 1.00 e. The molecule has 2 aromatic carbocycles. The minimum atomic E-state index is -4.84. The van der Waals surface area contributed by atoms with E-state index in [4.69, 9.17) is 4.55 Å². The van der Waals surface area contributed by atoms with E-state index in [0.717, 1.165) is 11.6 Å². The Morgan fingerprint density at radius 2 is 1.39 bits per heavy atom. The van der Waals surface area contributed by atoms with Crippen LogP contribution in [-0.4, -0.2) is 25.9 Å². The maximum absolute atomic E-state index is 11.5. The predicted molar refractivity (Wildman–Crippen MR) is 82.6 cm³/mol. The fourth-order valence-corrected chi connectivity index (χ4v) is 3.88.